The van der Waals surface area contributed by atoms with E-state index in [9.17, 15) is 9.59 Å². The van der Waals surface area contributed by atoms with Gasteiger partial charge in [0.1, 0.15) is 5.75 Å². The third-order valence-corrected chi connectivity index (χ3v) is 3.85. The quantitative estimate of drug-likeness (QED) is 0.845. The van der Waals surface area contributed by atoms with Crippen LogP contribution in [0.25, 0.3) is 0 Å². The molecule has 2 amide bonds. The molecule has 0 radical (unpaired) electrons. The lowest BCUT2D eigenvalue weighted by Gasteiger charge is -2.16. The molecule has 0 fully saturated rings. The van der Waals surface area contributed by atoms with Crippen molar-refractivity contribution in [2.24, 2.45) is 0 Å². The molecule has 2 rings (SSSR count). The van der Waals surface area contributed by atoms with Gasteiger partial charge in [0.05, 0.1) is 0 Å². The van der Waals surface area contributed by atoms with Crippen LogP contribution in [0.1, 0.15) is 42.6 Å². The van der Waals surface area contributed by atoms with Crippen LogP contribution >= 0.6 is 0 Å². The lowest BCUT2D eigenvalue weighted by molar-refractivity contribution is -0.122. The topological polar surface area (TPSA) is 67.4 Å². The molecule has 2 aromatic rings. The molecule has 0 heterocycles. The zero-order valence-corrected chi connectivity index (χ0v) is 15.0. The van der Waals surface area contributed by atoms with Crippen molar-refractivity contribution >= 4 is 17.5 Å². The van der Waals surface area contributed by atoms with Gasteiger partial charge in [-0.2, -0.15) is 0 Å². The highest BCUT2D eigenvalue weighted by molar-refractivity contribution is 5.96. The van der Waals surface area contributed by atoms with Gasteiger partial charge in [0.15, 0.2) is 6.10 Å². The largest absolute Gasteiger partial charge is 0.481 e. The Morgan fingerprint density at radius 3 is 2.28 bits per heavy atom. The number of hydrogen-bond acceptors (Lipinski definition) is 3. The van der Waals surface area contributed by atoms with E-state index in [1.165, 1.54) is 0 Å². The van der Waals surface area contributed by atoms with Gasteiger partial charge in [-0.15, -0.1) is 0 Å². The summed E-state index contributed by atoms with van der Waals surface area (Å²) >= 11 is 0. The first-order valence-electron chi connectivity index (χ1n) is 8.30. The third kappa shape index (κ3) is 5.08. The Morgan fingerprint density at radius 2 is 1.68 bits per heavy atom. The van der Waals surface area contributed by atoms with Gasteiger partial charge in [0.2, 0.25) is 0 Å². The minimum atomic E-state index is -0.638. The molecule has 25 heavy (non-hydrogen) atoms. The van der Waals surface area contributed by atoms with Gasteiger partial charge >= 0.3 is 0 Å². The van der Waals surface area contributed by atoms with Gasteiger partial charge < -0.3 is 15.4 Å². The van der Waals surface area contributed by atoms with Gasteiger partial charge in [-0.05, 0) is 54.8 Å². The average Bonchev–Trinajstić information content (AvgIpc) is 2.61. The number of benzene rings is 2. The lowest BCUT2D eigenvalue weighted by Crippen LogP contribution is -2.30. The summed E-state index contributed by atoms with van der Waals surface area (Å²) in [6.45, 7) is 5.92. The second-order valence-corrected chi connectivity index (χ2v) is 6.13. The minimum absolute atomic E-state index is 0.167. The normalized spacial score (nSPS) is 11.7. The summed E-state index contributed by atoms with van der Waals surface area (Å²) in [5.41, 5.74) is 2.31. The molecule has 5 heteroatoms. The first kappa shape index (κ1) is 18.5. The van der Waals surface area contributed by atoms with Crippen molar-refractivity contribution in [1.82, 2.24) is 5.32 Å². The SMILES string of the molecule is CNC(=O)c1ccc(NC(=O)C(C)Oc2cccc(C(C)C)c2)cc1. The molecule has 0 aliphatic rings. The van der Waals surface area contributed by atoms with Gasteiger partial charge in [-0.1, -0.05) is 26.0 Å². The number of hydrogen-bond donors (Lipinski definition) is 2. The number of anilines is 1. The molecular formula is C20H24N2O3. The fourth-order valence-electron chi connectivity index (χ4n) is 2.30. The Hall–Kier alpha value is -2.82. The molecule has 2 N–H and O–H groups in total. The molecule has 0 aliphatic carbocycles. The maximum atomic E-state index is 12.3. The molecule has 0 aliphatic heterocycles. The Labute approximate surface area is 148 Å². The van der Waals surface area contributed by atoms with Crippen LogP contribution < -0.4 is 15.4 Å². The second-order valence-electron chi connectivity index (χ2n) is 6.13. The second kappa shape index (κ2) is 8.33. The van der Waals surface area contributed by atoms with Crippen molar-refractivity contribution in [3.63, 3.8) is 0 Å². The van der Waals surface area contributed by atoms with E-state index >= 15 is 0 Å². The molecule has 0 saturated heterocycles. The van der Waals surface area contributed by atoms with Crippen LogP contribution in [0.5, 0.6) is 5.75 Å². The van der Waals surface area contributed by atoms with Crippen molar-refractivity contribution in [3.05, 3.63) is 59.7 Å². The van der Waals surface area contributed by atoms with Gasteiger partial charge in [-0.25, -0.2) is 0 Å². The summed E-state index contributed by atoms with van der Waals surface area (Å²) in [7, 11) is 1.57. The van der Waals surface area contributed by atoms with E-state index in [0.717, 1.165) is 5.56 Å². The van der Waals surface area contributed by atoms with Crippen LogP contribution in [0.15, 0.2) is 48.5 Å². The molecule has 0 bridgehead atoms. The average molecular weight is 340 g/mol. The van der Waals surface area contributed by atoms with Crippen LogP contribution in [0, 0.1) is 0 Å². The number of nitrogens with one attached hydrogen (secondary N) is 2. The van der Waals surface area contributed by atoms with Gasteiger partial charge in [-0.3, -0.25) is 9.59 Å². The van der Waals surface area contributed by atoms with Crippen LogP contribution in [-0.2, 0) is 4.79 Å². The highest BCUT2D eigenvalue weighted by Crippen LogP contribution is 2.21. The van der Waals surface area contributed by atoms with E-state index in [2.05, 4.69) is 24.5 Å². The summed E-state index contributed by atoms with van der Waals surface area (Å²) in [6, 6.07) is 14.4. The predicted octanol–water partition coefficient (Wildman–Crippen LogP) is 3.58. The van der Waals surface area contributed by atoms with Crippen LogP contribution in [-0.4, -0.2) is 25.0 Å². The van der Waals surface area contributed by atoms with Crippen LogP contribution in [0.4, 0.5) is 5.69 Å². The Bertz CT molecular complexity index is 739. The number of carbonyl (C=O) groups is 2. The van der Waals surface area contributed by atoms with E-state index in [4.69, 9.17) is 4.74 Å². The van der Waals surface area contributed by atoms with E-state index in [0.29, 0.717) is 22.9 Å². The molecule has 0 saturated carbocycles. The van der Waals surface area contributed by atoms with E-state index in [-0.39, 0.29) is 11.8 Å². The molecule has 0 aromatic heterocycles. The fourth-order valence-corrected chi connectivity index (χ4v) is 2.30. The highest BCUT2D eigenvalue weighted by atomic mass is 16.5. The van der Waals surface area contributed by atoms with Crippen LogP contribution in [0.2, 0.25) is 0 Å². The lowest BCUT2D eigenvalue weighted by atomic mass is 10.0. The Morgan fingerprint density at radius 1 is 1.00 bits per heavy atom. The predicted molar refractivity (Wildman–Crippen MR) is 99.1 cm³/mol. The first-order chi connectivity index (χ1) is 11.9. The summed E-state index contributed by atoms with van der Waals surface area (Å²) in [4.78, 5) is 23.8. The van der Waals surface area contributed by atoms with E-state index < -0.39 is 6.10 Å². The first-order valence-corrected chi connectivity index (χ1v) is 8.30. The number of carbonyl (C=O) groups excluding carboxylic acids is 2. The van der Waals surface area contributed by atoms with E-state index in [1.54, 1.807) is 38.2 Å². The summed E-state index contributed by atoms with van der Waals surface area (Å²) in [5.74, 6) is 0.651. The maximum absolute atomic E-state index is 12.3. The zero-order valence-electron chi connectivity index (χ0n) is 15.0. The monoisotopic (exact) mass is 340 g/mol. The third-order valence-electron chi connectivity index (χ3n) is 3.85. The van der Waals surface area contributed by atoms with Crippen molar-refractivity contribution in [2.45, 2.75) is 32.8 Å². The van der Waals surface area contributed by atoms with Crippen molar-refractivity contribution < 1.29 is 14.3 Å². The summed E-state index contributed by atoms with van der Waals surface area (Å²) in [6.07, 6.45) is -0.638. The molecule has 5 nitrogen and oxygen atoms in total. The Kier molecular flexibility index (Phi) is 6.17. The van der Waals surface area contributed by atoms with Crippen molar-refractivity contribution in [3.8, 4) is 5.75 Å². The maximum Gasteiger partial charge on any atom is 0.265 e. The van der Waals surface area contributed by atoms with Gasteiger partial charge in [0.25, 0.3) is 11.8 Å². The molecule has 0 spiro atoms. The number of amides is 2. The standard InChI is InChI=1S/C20H24N2O3/c1-13(2)16-6-5-7-18(12-16)25-14(3)19(23)22-17-10-8-15(9-11-17)20(24)21-4/h5-14H,1-4H3,(H,21,24)(H,22,23). The zero-order chi connectivity index (χ0) is 18.4. The smallest absolute Gasteiger partial charge is 0.265 e. The molecule has 1 unspecified atom stereocenters. The van der Waals surface area contributed by atoms with E-state index in [1.807, 2.05) is 24.3 Å². The molecule has 2 aromatic carbocycles. The highest BCUT2D eigenvalue weighted by Gasteiger charge is 2.15. The number of rotatable bonds is 6. The molecule has 132 valence electrons. The Balaban J connectivity index is 1.98. The van der Waals surface area contributed by atoms with Crippen LogP contribution in [0.3, 0.4) is 0 Å². The summed E-state index contributed by atoms with van der Waals surface area (Å²) < 4.78 is 5.74. The minimum Gasteiger partial charge on any atom is -0.481 e. The number of ether oxygens (including phenoxy) is 1. The summed E-state index contributed by atoms with van der Waals surface area (Å²) in [5, 5.41) is 5.34. The fraction of sp³-hybridized carbons (Fsp3) is 0.300. The molecular weight excluding hydrogens is 316 g/mol. The van der Waals surface area contributed by atoms with Crippen molar-refractivity contribution in [2.75, 3.05) is 12.4 Å². The molecule has 1 atom stereocenters. The van der Waals surface area contributed by atoms with Gasteiger partial charge in [0, 0.05) is 18.3 Å². The van der Waals surface area contributed by atoms with Crippen molar-refractivity contribution in [1.29, 1.82) is 0 Å².